The van der Waals surface area contributed by atoms with Gasteiger partial charge in [0.25, 0.3) is 0 Å². The summed E-state index contributed by atoms with van der Waals surface area (Å²) in [6.45, 7) is 3.32. The lowest BCUT2D eigenvalue weighted by Gasteiger charge is -2.32. The van der Waals surface area contributed by atoms with E-state index in [0.717, 1.165) is 4.90 Å². The Bertz CT molecular complexity index is 367. The van der Waals surface area contributed by atoms with E-state index in [1.165, 1.54) is 7.05 Å². The molecule has 0 spiro atoms. The number of carbonyl (C=O) groups is 3. The maximum absolute atomic E-state index is 12.1. The van der Waals surface area contributed by atoms with Crippen LogP contribution in [0.25, 0.3) is 0 Å². The maximum Gasteiger partial charge on any atom is 0.326 e. The molecule has 0 saturated heterocycles. The van der Waals surface area contributed by atoms with Gasteiger partial charge in [0.1, 0.15) is 6.04 Å². The summed E-state index contributed by atoms with van der Waals surface area (Å²) in [7, 11) is 1.33. The van der Waals surface area contributed by atoms with Crippen LogP contribution in [0.15, 0.2) is 0 Å². The summed E-state index contributed by atoms with van der Waals surface area (Å²) >= 11 is 4.19. The molecule has 0 aliphatic carbocycles. The Morgan fingerprint density at radius 1 is 1.37 bits per heavy atom. The molecular formula is C11H21N3O4S. The predicted octanol–water partition coefficient (Wildman–Crippen LogP) is -0.801. The molecule has 0 aliphatic heterocycles. The standard InChI is InChI=1S/C11H21N3O4S/c1-11(2,19)8(13)9(16)14(3)6(10(17)18)4-5-7(12)15/h6,8,19H,4-5,13H2,1-3H3,(H2,12,15)(H,17,18)/t6-,8+/m0/s1. The van der Waals surface area contributed by atoms with Gasteiger partial charge in [-0.3, -0.25) is 9.59 Å². The van der Waals surface area contributed by atoms with E-state index in [4.69, 9.17) is 16.6 Å². The molecule has 7 nitrogen and oxygen atoms in total. The molecule has 0 bridgehead atoms. The third-order valence-corrected chi connectivity index (χ3v) is 3.07. The molecule has 0 heterocycles. The molecule has 110 valence electrons. The molecule has 0 aromatic heterocycles. The first kappa shape index (κ1) is 17.7. The Morgan fingerprint density at radius 3 is 2.16 bits per heavy atom. The largest absolute Gasteiger partial charge is 0.480 e. The Hall–Kier alpha value is -1.28. The second-order valence-corrected chi connectivity index (χ2v) is 6.09. The van der Waals surface area contributed by atoms with Crippen molar-refractivity contribution in [3.05, 3.63) is 0 Å². The first-order valence-corrected chi connectivity index (χ1v) is 6.19. The van der Waals surface area contributed by atoms with E-state index in [1.54, 1.807) is 13.8 Å². The van der Waals surface area contributed by atoms with Crippen LogP contribution in [-0.4, -0.2) is 51.7 Å². The molecule has 0 fully saturated rings. The van der Waals surface area contributed by atoms with Gasteiger partial charge in [0.05, 0.1) is 6.04 Å². The molecule has 0 aromatic rings. The number of likely N-dealkylation sites (N-methyl/N-ethyl adjacent to an activating group) is 1. The summed E-state index contributed by atoms with van der Waals surface area (Å²) < 4.78 is -0.780. The van der Waals surface area contributed by atoms with Gasteiger partial charge in [-0.25, -0.2) is 4.79 Å². The fraction of sp³-hybridized carbons (Fsp3) is 0.727. The number of nitrogens with two attached hydrogens (primary N) is 2. The number of nitrogens with zero attached hydrogens (tertiary/aromatic N) is 1. The summed E-state index contributed by atoms with van der Waals surface area (Å²) in [5.74, 6) is -2.37. The molecular weight excluding hydrogens is 270 g/mol. The normalized spacial score (nSPS) is 14.6. The van der Waals surface area contributed by atoms with Crippen molar-refractivity contribution in [1.82, 2.24) is 4.90 Å². The van der Waals surface area contributed by atoms with E-state index in [2.05, 4.69) is 12.6 Å². The number of primary amides is 1. The fourth-order valence-corrected chi connectivity index (χ4v) is 1.55. The second-order valence-electron chi connectivity index (χ2n) is 4.94. The molecule has 0 aromatic carbocycles. The zero-order chi connectivity index (χ0) is 15.4. The molecule has 2 amide bonds. The monoisotopic (exact) mass is 291 g/mol. The highest BCUT2D eigenvalue weighted by Crippen LogP contribution is 2.19. The minimum Gasteiger partial charge on any atom is -0.480 e. The SMILES string of the molecule is CN(C(=O)[C@@H](N)C(C)(C)S)[C@@H](CCC(N)=O)C(=O)O. The van der Waals surface area contributed by atoms with Crippen LogP contribution in [0.4, 0.5) is 0 Å². The summed E-state index contributed by atoms with van der Waals surface area (Å²) in [5, 5.41) is 9.08. The van der Waals surface area contributed by atoms with Crippen LogP contribution in [0.3, 0.4) is 0 Å². The lowest BCUT2D eigenvalue weighted by Crippen LogP contribution is -2.55. The average molecular weight is 291 g/mol. The number of thiol groups is 1. The Kier molecular flexibility index (Phi) is 6.31. The van der Waals surface area contributed by atoms with Gasteiger partial charge in [0.15, 0.2) is 0 Å². The van der Waals surface area contributed by atoms with Gasteiger partial charge in [-0.2, -0.15) is 12.6 Å². The van der Waals surface area contributed by atoms with Crippen molar-refractivity contribution in [1.29, 1.82) is 0 Å². The van der Waals surface area contributed by atoms with E-state index in [9.17, 15) is 14.4 Å². The number of amides is 2. The van der Waals surface area contributed by atoms with Crippen molar-refractivity contribution >= 4 is 30.4 Å². The van der Waals surface area contributed by atoms with Gasteiger partial charge in [-0.15, -0.1) is 0 Å². The van der Waals surface area contributed by atoms with Crippen molar-refractivity contribution in [3.63, 3.8) is 0 Å². The van der Waals surface area contributed by atoms with E-state index >= 15 is 0 Å². The van der Waals surface area contributed by atoms with Crippen molar-refractivity contribution in [2.24, 2.45) is 11.5 Å². The number of carboxylic acid groups (broad SMARTS) is 1. The summed E-state index contributed by atoms with van der Waals surface area (Å²) in [6, 6.07) is -2.09. The molecule has 5 N–H and O–H groups in total. The van der Waals surface area contributed by atoms with Crippen LogP contribution in [0, 0.1) is 0 Å². The Morgan fingerprint density at radius 2 is 1.84 bits per heavy atom. The fourth-order valence-electron chi connectivity index (χ4n) is 1.44. The van der Waals surface area contributed by atoms with Gasteiger partial charge in [0, 0.05) is 18.2 Å². The summed E-state index contributed by atoms with van der Waals surface area (Å²) in [6.07, 6.45) is -0.166. The second kappa shape index (κ2) is 6.76. The summed E-state index contributed by atoms with van der Waals surface area (Å²) in [5.41, 5.74) is 10.7. The van der Waals surface area contributed by atoms with Gasteiger partial charge in [-0.1, -0.05) is 0 Å². The van der Waals surface area contributed by atoms with Crippen LogP contribution in [0.5, 0.6) is 0 Å². The number of hydrogen-bond donors (Lipinski definition) is 4. The first-order valence-electron chi connectivity index (χ1n) is 5.74. The molecule has 0 saturated carbocycles. The highest BCUT2D eigenvalue weighted by atomic mass is 32.1. The van der Waals surface area contributed by atoms with Crippen molar-refractivity contribution < 1.29 is 19.5 Å². The van der Waals surface area contributed by atoms with Gasteiger partial charge < -0.3 is 21.5 Å². The van der Waals surface area contributed by atoms with Crippen LogP contribution >= 0.6 is 12.6 Å². The third kappa shape index (κ3) is 5.48. The van der Waals surface area contributed by atoms with E-state index in [1.807, 2.05) is 0 Å². The average Bonchev–Trinajstić information content (AvgIpc) is 2.24. The molecule has 19 heavy (non-hydrogen) atoms. The van der Waals surface area contributed by atoms with E-state index in [-0.39, 0.29) is 12.8 Å². The predicted molar refractivity (Wildman–Crippen MR) is 73.7 cm³/mol. The minimum absolute atomic E-state index is 0.0490. The molecule has 0 radical (unpaired) electrons. The Labute approximate surface area is 117 Å². The maximum atomic E-state index is 12.1. The molecule has 2 atom stereocenters. The van der Waals surface area contributed by atoms with Crippen molar-refractivity contribution in [3.8, 4) is 0 Å². The highest BCUT2D eigenvalue weighted by Gasteiger charge is 2.35. The lowest BCUT2D eigenvalue weighted by molar-refractivity contribution is -0.150. The van der Waals surface area contributed by atoms with Crippen molar-refractivity contribution in [2.75, 3.05) is 7.05 Å². The van der Waals surface area contributed by atoms with Crippen LogP contribution in [0.1, 0.15) is 26.7 Å². The highest BCUT2D eigenvalue weighted by molar-refractivity contribution is 7.81. The number of hydrogen-bond acceptors (Lipinski definition) is 5. The molecule has 0 rings (SSSR count). The van der Waals surface area contributed by atoms with Gasteiger partial charge >= 0.3 is 5.97 Å². The number of carbonyl (C=O) groups excluding carboxylic acids is 2. The zero-order valence-corrected chi connectivity index (χ0v) is 12.2. The van der Waals surface area contributed by atoms with Gasteiger partial charge in [-0.05, 0) is 20.3 Å². The molecule has 0 unspecified atom stereocenters. The van der Waals surface area contributed by atoms with Gasteiger partial charge in [0.2, 0.25) is 11.8 Å². The first-order chi connectivity index (χ1) is 8.48. The summed E-state index contributed by atoms with van der Waals surface area (Å²) in [4.78, 5) is 34.9. The van der Waals surface area contributed by atoms with Crippen LogP contribution < -0.4 is 11.5 Å². The van der Waals surface area contributed by atoms with Crippen LogP contribution in [0.2, 0.25) is 0 Å². The third-order valence-electron chi connectivity index (χ3n) is 2.79. The molecule has 0 aliphatic rings. The lowest BCUT2D eigenvalue weighted by atomic mass is 10.0. The van der Waals surface area contributed by atoms with E-state index < -0.39 is 34.6 Å². The smallest absolute Gasteiger partial charge is 0.326 e. The van der Waals surface area contributed by atoms with Crippen LogP contribution in [-0.2, 0) is 14.4 Å². The quantitative estimate of drug-likeness (QED) is 0.457. The topological polar surface area (TPSA) is 127 Å². The Balaban J connectivity index is 4.90. The zero-order valence-electron chi connectivity index (χ0n) is 11.3. The minimum atomic E-state index is -1.21. The number of aliphatic carboxylic acids is 1. The molecule has 8 heteroatoms. The number of carboxylic acids is 1. The van der Waals surface area contributed by atoms with E-state index in [0.29, 0.717) is 0 Å². The van der Waals surface area contributed by atoms with Crippen molar-refractivity contribution in [2.45, 2.75) is 43.5 Å². The number of rotatable bonds is 7.